The molecule has 0 saturated heterocycles. The van der Waals surface area contributed by atoms with Gasteiger partial charge in [-0.2, -0.15) is 0 Å². The van der Waals surface area contributed by atoms with Crippen molar-refractivity contribution in [2.45, 2.75) is 20.8 Å². The first-order valence-corrected chi connectivity index (χ1v) is 7.20. The molecule has 1 amide bonds. The van der Waals surface area contributed by atoms with Crippen LogP contribution in [0, 0.1) is 6.92 Å². The van der Waals surface area contributed by atoms with Crippen molar-refractivity contribution in [3.05, 3.63) is 17.3 Å². The molecule has 5 nitrogen and oxygen atoms in total. The molecule has 2 aromatic heterocycles. The van der Waals surface area contributed by atoms with E-state index in [0.717, 1.165) is 29.1 Å². The molecule has 102 valence electrons. The molecule has 6 heteroatoms. The minimum atomic E-state index is 0.0868. The number of fused-ring (bicyclic) bond motifs is 1. The SMILES string of the molecule is CCN(CC)C(=O)CNc1ncnc2sc(C)cc12. The number of likely N-dealkylation sites (N-methyl/N-ethyl adjacent to an activating group) is 1. The lowest BCUT2D eigenvalue weighted by Crippen LogP contribution is -2.35. The van der Waals surface area contributed by atoms with Crippen LogP contribution in [0.5, 0.6) is 0 Å². The zero-order valence-corrected chi connectivity index (χ0v) is 12.3. The Morgan fingerprint density at radius 3 is 2.79 bits per heavy atom. The number of hydrogen-bond acceptors (Lipinski definition) is 5. The van der Waals surface area contributed by atoms with Crippen molar-refractivity contribution in [2.75, 3.05) is 25.0 Å². The standard InChI is InChI=1S/C13H18N4OS/c1-4-17(5-2)11(18)7-14-12-10-6-9(3)19-13(10)16-8-15-12/h6,8H,4-5,7H2,1-3H3,(H,14,15,16). The average Bonchev–Trinajstić information content (AvgIpc) is 2.78. The minimum absolute atomic E-state index is 0.0868. The summed E-state index contributed by atoms with van der Waals surface area (Å²) in [6, 6.07) is 2.05. The summed E-state index contributed by atoms with van der Waals surface area (Å²) in [7, 11) is 0. The third-order valence-corrected chi connectivity index (χ3v) is 3.93. The highest BCUT2D eigenvalue weighted by molar-refractivity contribution is 7.18. The fraction of sp³-hybridized carbons (Fsp3) is 0.462. The predicted octanol–water partition coefficient (Wildman–Crippen LogP) is 2.28. The second kappa shape index (κ2) is 5.97. The molecule has 2 heterocycles. The molecule has 1 N–H and O–H groups in total. The van der Waals surface area contributed by atoms with E-state index in [4.69, 9.17) is 0 Å². The lowest BCUT2D eigenvalue weighted by Gasteiger charge is -2.18. The Bertz CT molecular complexity index is 577. The van der Waals surface area contributed by atoms with Crippen LogP contribution in [0.1, 0.15) is 18.7 Å². The molecule has 0 atom stereocenters. The zero-order chi connectivity index (χ0) is 13.8. The molecule has 0 saturated carbocycles. The van der Waals surface area contributed by atoms with Gasteiger partial charge in [0.15, 0.2) is 0 Å². The zero-order valence-electron chi connectivity index (χ0n) is 11.4. The minimum Gasteiger partial charge on any atom is -0.360 e. The first kappa shape index (κ1) is 13.7. The van der Waals surface area contributed by atoms with Crippen LogP contribution in [0.3, 0.4) is 0 Å². The van der Waals surface area contributed by atoms with E-state index in [9.17, 15) is 4.79 Å². The summed E-state index contributed by atoms with van der Waals surface area (Å²) < 4.78 is 0. The van der Waals surface area contributed by atoms with Gasteiger partial charge in [0.2, 0.25) is 5.91 Å². The summed E-state index contributed by atoms with van der Waals surface area (Å²) in [5.74, 6) is 0.818. The van der Waals surface area contributed by atoms with Gasteiger partial charge < -0.3 is 10.2 Å². The van der Waals surface area contributed by atoms with Crippen LogP contribution in [0.25, 0.3) is 10.2 Å². The largest absolute Gasteiger partial charge is 0.360 e. The number of hydrogen-bond donors (Lipinski definition) is 1. The smallest absolute Gasteiger partial charge is 0.241 e. The normalized spacial score (nSPS) is 10.7. The predicted molar refractivity (Wildman–Crippen MR) is 78.6 cm³/mol. The van der Waals surface area contributed by atoms with Crippen molar-refractivity contribution < 1.29 is 4.79 Å². The molecule has 0 spiro atoms. The second-order valence-electron chi connectivity index (χ2n) is 4.22. The maximum absolute atomic E-state index is 11.9. The van der Waals surface area contributed by atoms with Crippen molar-refractivity contribution in [1.29, 1.82) is 0 Å². The van der Waals surface area contributed by atoms with Crippen LogP contribution in [-0.4, -0.2) is 40.4 Å². The number of aryl methyl sites for hydroxylation is 1. The quantitative estimate of drug-likeness (QED) is 0.911. The Morgan fingerprint density at radius 2 is 2.11 bits per heavy atom. The van der Waals surface area contributed by atoms with E-state index < -0.39 is 0 Å². The van der Waals surface area contributed by atoms with Gasteiger partial charge >= 0.3 is 0 Å². The van der Waals surface area contributed by atoms with Crippen LogP contribution in [0.2, 0.25) is 0 Å². The Labute approximate surface area is 116 Å². The molecule has 19 heavy (non-hydrogen) atoms. The van der Waals surface area contributed by atoms with Gasteiger partial charge in [0.05, 0.1) is 11.9 Å². The average molecular weight is 278 g/mol. The summed E-state index contributed by atoms with van der Waals surface area (Å²) in [6.07, 6.45) is 1.53. The van der Waals surface area contributed by atoms with E-state index in [0.29, 0.717) is 0 Å². The Balaban J connectivity index is 2.11. The highest BCUT2D eigenvalue weighted by Gasteiger charge is 2.11. The van der Waals surface area contributed by atoms with Gasteiger partial charge in [-0.15, -0.1) is 11.3 Å². The summed E-state index contributed by atoms with van der Waals surface area (Å²) in [6.45, 7) is 7.72. The molecular weight excluding hydrogens is 260 g/mol. The molecule has 0 bridgehead atoms. The lowest BCUT2D eigenvalue weighted by molar-refractivity contribution is -0.128. The number of nitrogens with one attached hydrogen (secondary N) is 1. The topological polar surface area (TPSA) is 58.1 Å². The molecule has 0 aliphatic carbocycles. The lowest BCUT2D eigenvalue weighted by atomic mass is 10.3. The number of rotatable bonds is 5. The van der Waals surface area contributed by atoms with Crippen LogP contribution >= 0.6 is 11.3 Å². The Hall–Kier alpha value is -1.69. The number of carbonyl (C=O) groups is 1. The van der Waals surface area contributed by atoms with Crippen LogP contribution < -0.4 is 5.32 Å². The van der Waals surface area contributed by atoms with E-state index in [1.54, 1.807) is 16.2 Å². The first-order valence-electron chi connectivity index (χ1n) is 6.38. The van der Waals surface area contributed by atoms with E-state index in [1.807, 2.05) is 26.8 Å². The van der Waals surface area contributed by atoms with Crippen molar-refractivity contribution in [1.82, 2.24) is 14.9 Å². The molecule has 2 aromatic rings. The fourth-order valence-electron chi connectivity index (χ4n) is 1.96. The van der Waals surface area contributed by atoms with Crippen LogP contribution in [0.15, 0.2) is 12.4 Å². The number of amides is 1. The van der Waals surface area contributed by atoms with Crippen molar-refractivity contribution in [3.63, 3.8) is 0 Å². The van der Waals surface area contributed by atoms with E-state index in [1.165, 1.54) is 11.2 Å². The maximum Gasteiger partial charge on any atom is 0.241 e. The number of thiophene rings is 1. The van der Waals surface area contributed by atoms with E-state index in [2.05, 4.69) is 15.3 Å². The van der Waals surface area contributed by atoms with E-state index in [-0.39, 0.29) is 12.5 Å². The molecule has 0 fully saturated rings. The highest BCUT2D eigenvalue weighted by Crippen LogP contribution is 2.27. The van der Waals surface area contributed by atoms with Crippen molar-refractivity contribution in [2.24, 2.45) is 0 Å². The molecule has 0 unspecified atom stereocenters. The van der Waals surface area contributed by atoms with Gasteiger partial charge in [0, 0.05) is 18.0 Å². The monoisotopic (exact) mass is 278 g/mol. The van der Waals surface area contributed by atoms with Gasteiger partial charge in [0.25, 0.3) is 0 Å². The Morgan fingerprint density at radius 1 is 1.37 bits per heavy atom. The number of aromatic nitrogens is 2. The first-order chi connectivity index (χ1) is 9.15. The van der Waals surface area contributed by atoms with Gasteiger partial charge in [-0.25, -0.2) is 9.97 Å². The van der Waals surface area contributed by atoms with Crippen molar-refractivity contribution in [3.8, 4) is 0 Å². The van der Waals surface area contributed by atoms with Gasteiger partial charge in [-0.1, -0.05) is 0 Å². The fourth-order valence-corrected chi connectivity index (χ4v) is 2.81. The molecular formula is C13H18N4OS. The van der Waals surface area contributed by atoms with Crippen molar-refractivity contribution >= 4 is 33.3 Å². The highest BCUT2D eigenvalue weighted by atomic mass is 32.1. The molecule has 2 rings (SSSR count). The van der Waals surface area contributed by atoms with Crippen LogP contribution in [0.4, 0.5) is 5.82 Å². The summed E-state index contributed by atoms with van der Waals surface area (Å²) in [5.41, 5.74) is 0. The van der Waals surface area contributed by atoms with Gasteiger partial charge in [0.1, 0.15) is 17.0 Å². The summed E-state index contributed by atoms with van der Waals surface area (Å²) in [4.78, 5) is 24.3. The molecule has 0 radical (unpaired) electrons. The number of anilines is 1. The second-order valence-corrected chi connectivity index (χ2v) is 5.45. The summed E-state index contributed by atoms with van der Waals surface area (Å²) in [5, 5.41) is 4.10. The number of carbonyl (C=O) groups excluding carboxylic acids is 1. The van der Waals surface area contributed by atoms with Crippen LogP contribution in [-0.2, 0) is 4.79 Å². The Kier molecular flexibility index (Phi) is 4.31. The molecule has 0 aliphatic rings. The van der Waals surface area contributed by atoms with E-state index >= 15 is 0 Å². The molecule has 0 aliphatic heterocycles. The number of nitrogens with zero attached hydrogens (tertiary/aromatic N) is 3. The molecule has 0 aromatic carbocycles. The van der Waals surface area contributed by atoms with Gasteiger partial charge in [-0.3, -0.25) is 4.79 Å². The third kappa shape index (κ3) is 3.01. The summed E-state index contributed by atoms with van der Waals surface area (Å²) >= 11 is 1.63. The maximum atomic E-state index is 11.9. The third-order valence-electron chi connectivity index (χ3n) is 2.98. The van der Waals surface area contributed by atoms with Gasteiger partial charge in [-0.05, 0) is 26.8 Å².